The molecule has 0 spiro atoms. The molecule has 100 valence electrons. The zero-order chi connectivity index (χ0) is 14.1. The van der Waals surface area contributed by atoms with Gasteiger partial charge in [0.25, 0.3) is 6.43 Å². The van der Waals surface area contributed by atoms with Gasteiger partial charge in [-0.3, -0.25) is 4.79 Å². The van der Waals surface area contributed by atoms with Crippen LogP contribution in [0.3, 0.4) is 0 Å². The van der Waals surface area contributed by atoms with Gasteiger partial charge in [-0.2, -0.15) is 13.2 Å². The highest BCUT2D eigenvalue weighted by atomic mass is 19.4. The monoisotopic (exact) mass is 271 g/mol. The van der Waals surface area contributed by atoms with Crippen LogP contribution in [0.5, 0.6) is 0 Å². The van der Waals surface area contributed by atoms with Crippen molar-refractivity contribution >= 4 is 5.97 Å². The second-order valence-corrected chi connectivity index (χ2v) is 3.13. The predicted molar refractivity (Wildman–Crippen MR) is 48.4 cm³/mol. The zero-order valence-corrected chi connectivity index (χ0v) is 8.77. The van der Waals surface area contributed by atoms with Crippen LogP contribution in [-0.2, 0) is 10.9 Å². The number of aromatic nitrogens is 1. The van der Waals surface area contributed by atoms with Crippen molar-refractivity contribution in [2.24, 2.45) is 0 Å². The molecule has 0 bridgehead atoms. The van der Waals surface area contributed by atoms with Gasteiger partial charge in [0.1, 0.15) is 0 Å². The molecule has 0 aliphatic carbocycles. The summed E-state index contributed by atoms with van der Waals surface area (Å²) in [6.07, 6.45) is -8.81. The van der Waals surface area contributed by atoms with Crippen molar-refractivity contribution in [2.75, 3.05) is 7.11 Å². The molecule has 0 saturated heterocycles. The van der Waals surface area contributed by atoms with Crippen LogP contribution in [0.1, 0.15) is 28.0 Å². The number of carbonyl (C=O) groups excluding carboxylic acids is 1. The molecule has 0 saturated carbocycles. The molecule has 0 atom stereocenters. The highest BCUT2D eigenvalue weighted by Crippen LogP contribution is 2.37. The first kappa shape index (κ1) is 14.1. The number of aromatic amines is 1. The Balaban J connectivity index is 3.69. The average molecular weight is 271 g/mol. The van der Waals surface area contributed by atoms with E-state index in [9.17, 15) is 31.5 Å². The van der Waals surface area contributed by atoms with E-state index in [0.717, 1.165) is 7.11 Å². The normalized spacial score (nSPS) is 11.7. The van der Waals surface area contributed by atoms with Crippen LogP contribution < -0.4 is 5.56 Å². The van der Waals surface area contributed by atoms with Gasteiger partial charge < -0.3 is 9.72 Å². The smallest absolute Gasteiger partial charge is 0.419 e. The number of pyridine rings is 1. The van der Waals surface area contributed by atoms with Crippen molar-refractivity contribution in [2.45, 2.75) is 12.6 Å². The van der Waals surface area contributed by atoms with Gasteiger partial charge in [-0.25, -0.2) is 13.6 Å². The second-order valence-electron chi connectivity index (χ2n) is 3.13. The van der Waals surface area contributed by atoms with Crippen LogP contribution >= 0.6 is 0 Å². The van der Waals surface area contributed by atoms with Crippen LogP contribution in [0.15, 0.2) is 10.9 Å². The molecule has 1 aromatic heterocycles. The number of halogens is 5. The molecular weight excluding hydrogens is 265 g/mol. The van der Waals surface area contributed by atoms with Crippen LogP contribution in [-0.4, -0.2) is 18.1 Å². The number of H-pyrrole nitrogens is 1. The van der Waals surface area contributed by atoms with Crippen molar-refractivity contribution in [1.82, 2.24) is 4.98 Å². The minimum atomic E-state index is -5.22. The van der Waals surface area contributed by atoms with Gasteiger partial charge >= 0.3 is 12.1 Å². The van der Waals surface area contributed by atoms with Gasteiger partial charge in [0.15, 0.2) is 0 Å². The molecule has 1 N–H and O–H groups in total. The maximum Gasteiger partial charge on any atom is 0.419 e. The van der Waals surface area contributed by atoms with E-state index in [4.69, 9.17) is 0 Å². The summed E-state index contributed by atoms with van der Waals surface area (Å²) < 4.78 is 66.9. The number of rotatable bonds is 2. The Bertz CT molecular complexity index is 520. The number of methoxy groups -OCH3 is 1. The van der Waals surface area contributed by atoms with Crippen molar-refractivity contribution in [3.8, 4) is 0 Å². The summed E-state index contributed by atoms with van der Waals surface area (Å²) >= 11 is 0. The number of carbonyl (C=O) groups is 1. The topological polar surface area (TPSA) is 59.2 Å². The Hall–Kier alpha value is -1.93. The van der Waals surface area contributed by atoms with E-state index in [1.807, 2.05) is 0 Å². The first-order valence-electron chi connectivity index (χ1n) is 4.39. The fourth-order valence-electron chi connectivity index (χ4n) is 1.32. The van der Waals surface area contributed by atoms with Gasteiger partial charge in [0.05, 0.1) is 23.9 Å². The van der Waals surface area contributed by atoms with E-state index < -0.39 is 41.0 Å². The van der Waals surface area contributed by atoms with Crippen molar-refractivity contribution in [3.05, 3.63) is 33.2 Å². The summed E-state index contributed by atoms with van der Waals surface area (Å²) in [5.74, 6) is -1.52. The van der Waals surface area contributed by atoms with E-state index in [2.05, 4.69) is 4.74 Å². The molecule has 4 nitrogen and oxygen atoms in total. The fraction of sp³-hybridized carbons (Fsp3) is 0.333. The summed E-state index contributed by atoms with van der Waals surface area (Å²) in [4.78, 5) is 23.4. The first-order chi connectivity index (χ1) is 8.18. The van der Waals surface area contributed by atoms with Gasteiger partial charge in [-0.1, -0.05) is 0 Å². The van der Waals surface area contributed by atoms with Crippen molar-refractivity contribution < 1.29 is 31.5 Å². The molecule has 0 unspecified atom stereocenters. The predicted octanol–water partition coefficient (Wildman–Crippen LogP) is 2.12. The molecule has 0 radical (unpaired) electrons. The molecule has 18 heavy (non-hydrogen) atoms. The summed E-state index contributed by atoms with van der Waals surface area (Å²) in [5, 5.41) is 0. The van der Waals surface area contributed by atoms with E-state index in [1.165, 1.54) is 4.98 Å². The summed E-state index contributed by atoms with van der Waals surface area (Å²) in [7, 11) is 0.770. The van der Waals surface area contributed by atoms with E-state index in [-0.39, 0.29) is 6.07 Å². The Kier molecular flexibility index (Phi) is 3.73. The van der Waals surface area contributed by atoms with Gasteiger partial charge in [-0.15, -0.1) is 0 Å². The largest absolute Gasteiger partial charge is 0.465 e. The summed E-state index contributed by atoms with van der Waals surface area (Å²) in [6.45, 7) is 0. The lowest BCUT2D eigenvalue weighted by atomic mass is 10.1. The van der Waals surface area contributed by atoms with E-state index >= 15 is 0 Å². The van der Waals surface area contributed by atoms with Gasteiger partial charge in [0.2, 0.25) is 5.56 Å². The zero-order valence-electron chi connectivity index (χ0n) is 8.77. The summed E-state index contributed by atoms with van der Waals surface area (Å²) in [5.41, 5.74) is -6.05. The molecule has 0 amide bonds. The number of ether oxygens (including phenoxy) is 1. The molecule has 0 aliphatic rings. The average Bonchev–Trinajstić information content (AvgIpc) is 2.24. The van der Waals surface area contributed by atoms with Crippen LogP contribution in [0.2, 0.25) is 0 Å². The van der Waals surface area contributed by atoms with Gasteiger partial charge in [0, 0.05) is 6.07 Å². The van der Waals surface area contributed by atoms with Crippen molar-refractivity contribution in [1.29, 1.82) is 0 Å². The highest BCUT2D eigenvalue weighted by molar-refractivity contribution is 5.91. The molecule has 0 aliphatic heterocycles. The number of hydrogen-bond acceptors (Lipinski definition) is 3. The van der Waals surface area contributed by atoms with Crippen molar-refractivity contribution in [3.63, 3.8) is 0 Å². The molecule has 1 heterocycles. The highest BCUT2D eigenvalue weighted by Gasteiger charge is 2.41. The molecule has 0 aromatic carbocycles. The Morgan fingerprint density at radius 2 is 1.94 bits per heavy atom. The minimum absolute atomic E-state index is 0.264. The number of hydrogen-bond donors (Lipinski definition) is 1. The molecule has 1 aromatic rings. The molecular formula is C9H6F5NO3. The first-order valence-corrected chi connectivity index (χ1v) is 4.39. The third-order valence-electron chi connectivity index (χ3n) is 1.98. The Morgan fingerprint density at radius 3 is 2.33 bits per heavy atom. The van der Waals surface area contributed by atoms with Crippen LogP contribution in [0.25, 0.3) is 0 Å². The number of esters is 1. The second kappa shape index (κ2) is 4.75. The molecule has 9 heteroatoms. The third kappa shape index (κ3) is 2.66. The molecule has 0 fully saturated rings. The quantitative estimate of drug-likeness (QED) is 0.662. The lowest BCUT2D eigenvalue weighted by Gasteiger charge is -2.15. The minimum Gasteiger partial charge on any atom is -0.465 e. The fourth-order valence-corrected chi connectivity index (χ4v) is 1.32. The lowest BCUT2D eigenvalue weighted by Crippen LogP contribution is -2.23. The van der Waals surface area contributed by atoms with Crippen LogP contribution in [0.4, 0.5) is 22.0 Å². The number of nitrogens with one attached hydrogen (secondary N) is 1. The van der Waals surface area contributed by atoms with Crippen LogP contribution in [0, 0.1) is 0 Å². The summed E-state index contributed by atoms with van der Waals surface area (Å²) in [6, 6.07) is 0.264. The third-order valence-corrected chi connectivity index (χ3v) is 1.98. The number of alkyl halides is 5. The Labute approximate surface area is 96.4 Å². The van der Waals surface area contributed by atoms with Gasteiger partial charge in [-0.05, 0) is 0 Å². The maximum absolute atomic E-state index is 12.6. The standard InChI is InChI=1S/C9H6F5NO3/c1-18-8(17)3-2-4(16)15-6(7(10)11)5(3)9(12,13)14/h2,7H,1H3,(H,15,16). The maximum atomic E-state index is 12.6. The van der Waals surface area contributed by atoms with E-state index in [1.54, 1.807) is 0 Å². The van der Waals surface area contributed by atoms with E-state index in [0.29, 0.717) is 0 Å². The molecule has 1 rings (SSSR count). The SMILES string of the molecule is COC(=O)c1cc(=O)[nH]c(C(F)F)c1C(F)(F)F. The Morgan fingerprint density at radius 1 is 1.39 bits per heavy atom. The lowest BCUT2D eigenvalue weighted by molar-refractivity contribution is -0.140.